The lowest BCUT2D eigenvalue weighted by Crippen LogP contribution is -2.36. The first kappa shape index (κ1) is 25.6. The Bertz CT molecular complexity index is 1260. The van der Waals surface area contributed by atoms with Gasteiger partial charge >= 0.3 is 12.0 Å². The van der Waals surface area contributed by atoms with Gasteiger partial charge in [0.15, 0.2) is 5.69 Å². The van der Waals surface area contributed by atoms with E-state index in [1.807, 2.05) is 55.5 Å². The number of aryl methyl sites for hydroxylation is 3. The van der Waals surface area contributed by atoms with Gasteiger partial charge in [0.25, 0.3) is 5.56 Å². The second-order valence-corrected chi connectivity index (χ2v) is 8.28. The SMILES string of the molecule is CCOC(=O)C[C@H](NC(=O)Nc1c(O)c(C)cn(CC)c1=O)c1cccc(-c2ccc(C)cc2)c1. The molecule has 0 aliphatic rings. The molecule has 0 unspecified atom stereocenters. The number of nitrogens with one attached hydrogen (secondary N) is 2. The summed E-state index contributed by atoms with van der Waals surface area (Å²) in [5.74, 6) is -0.761. The summed E-state index contributed by atoms with van der Waals surface area (Å²) < 4.78 is 6.50. The number of amides is 2. The first-order valence-corrected chi connectivity index (χ1v) is 11.6. The third-order valence-corrected chi connectivity index (χ3v) is 5.67. The Kier molecular flexibility index (Phi) is 8.30. The van der Waals surface area contributed by atoms with Crippen molar-refractivity contribution in [1.29, 1.82) is 0 Å². The van der Waals surface area contributed by atoms with Crippen molar-refractivity contribution >= 4 is 17.7 Å². The topological polar surface area (TPSA) is 110 Å². The average Bonchev–Trinajstić information content (AvgIpc) is 2.84. The summed E-state index contributed by atoms with van der Waals surface area (Å²) >= 11 is 0. The quantitative estimate of drug-likeness (QED) is 0.408. The molecule has 0 radical (unpaired) electrons. The van der Waals surface area contributed by atoms with E-state index < -0.39 is 23.6 Å². The standard InChI is InChI=1S/C27H31N3O5/c1-5-30-16-18(4)25(32)24(26(30)33)29-27(34)28-22(15-23(31)35-6-2)21-9-7-8-20(14-21)19-12-10-17(3)11-13-19/h7-14,16,22,32H,5-6,15H2,1-4H3,(H2,28,29,34)/t22-/m0/s1. The molecular formula is C27H31N3O5. The maximum atomic E-state index is 12.9. The molecule has 3 rings (SSSR count). The van der Waals surface area contributed by atoms with E-state index >= 15 is 0 Å². The van der Waals surface area contributed by atoms with Gasteiger partial charge in [0.2, 0.25) is 0 Å². The number of rotatable bonds is 8. The minimum atomic E-state index is -0.722. The van der Waals surface area contributed by atoms with Gasteiger partial charge in [0.1, 0.15) is 5.75 Å². The fourth-order valence-corrected chi connectivity index (χ4v) is 3.77. The normalized spacial score (nSPS) is 11.5. The van der Waals surface area contributed by atoms with Crippen LogP contribution in [-0.2, 0) is 16.1 Å². The number of ether oxygens (including phenoxy) is 1. The van der Waals surface area contributed by atoms with Crippen molar-refractivity contribution in [2.75, 3.05) is 11.9 Å². The van der Waals surface area contributed by atoms with Crippen LogP contribution >= 0.6 is 0 Å². The summed E-state index contributed by atoms with van der Waals surface area (Å²) in [4.78, 5) is 37.9. The Hall–Kier alpha value is -4.07. The van der Waals surface area contributed by atoms with Gasteiger partial charge in [0, 0.05) is 18.3 Å². The van der Waals surface area contributed by atoms with E-state index in [4.69, 9.17) is 4.74 Å². The van der Waals surface area contributed by atoms with Crippen molar-refractivity contribution in [3.8, 4) is 16.9 Å². The van der Waals surface area contributed by atoms with Crippen LogP contribution in [0.25, 0.3) is 11.1 Å². The van der Waals surface area contributed by atoms with Gasteiger partial charge in [-0.15, -0.1) is 0 Å². The fraction of sp³-hybridized carbons (Fsp3) is 0.296. The number of esters is 1. The Balaban J connectivity index is 1.90. The molecule has 1 atom stereocenters. The number of benzene rings is 2. The zero-order chi connectivity index (χ0) is 25.5. The van der Waals surface area contributed by atoms with E-state index in [0.717, 1.165) is 16.7 Å². The van der Waals surface area contributed by atoms with Crippen LogP contribution < -0.4 is 16.2 Å². The smallest absolute Gasteiger partial charge is 0.319 e. The number of aromatic hydroxyl groups is 1. The van der Waals surface area contributed by atoms with Crippen LogP contribution in [0.2, 0.25) is 0 Å². The highest BCUT2D eigenvalue weighted by atomic mass is 16.5. The molecule has 2 aromatic carbocycles. The molecule has 0 saturated heterocycles. The van der Waals surface area contributed by atoms with E-state index in [0.29, 0.717) is 17.7 Å². The summed E-state index contributed by atoms with van der Waals surface area (Å²) in [5, 5.41) is 15.6. The monoisotopic (exact) mass is 477 g/mol. The minimum Gasteiger partial charge on any atom is -0.505 e. The summed E-state index contributed by atoms with van der Waals surface area (Å²) in [6, 6.07) is 14.1. The van der Waals surface area contributed by atoms with Crippen LogP contribution in [0.3, 0.4) is 0 Å². The maximum absolute atomic E-state index is 12.9. The zero-order valence-electron chi connectivity index (χ0n) is 20.4. The number of aromatic nitrogens is 1. The molecule has 184 valence electrons. The molecule has 8 heteroatoms. The molecule has 0 spiro atoms. The van der Waals surface area contributed by atoms with Crippen molar-refractivity contribution in [3.05, 3.63) is 81.8 Å². The molecule has 0 fully saturated rings. The highest BCUT2D eigenvalue weighted by Crippen LogP contribution is 2.27. The Morgan fingerprint density at radius 3 is 2.43 bits per heavy atom. The van der Waals surface area contributed by atoms with Crippen LogP contribution in [0.5, 0.6) is 5.75 Å². The highest BCUT2D eigenvalue weighted by Gasteiger charge is 2.22. The lowest BCUT2D eigenvalue weighted by Gasteiger charge is -2.20. The molecule has 0 aliphatic heterocycles. The number of pyridine rings is 1. The Morgan fingerprint density at radius 2 is 1.77 bits per heavy atom. The van der Waals surface area contributed by atoms with E-state index in [1.54, 1.807) is 20.8 Å². The lowest BCUT2D eigenvalue weighted by atomic mass is 9.97. The lowest BCUT2D eigenvalue weighted by molar-refractivity contribution is -0.143. The molecule has 1 aromatic heterocycles. The molecule has 3 aromatic rings. The zero-order valence-corrected chi connectivity index (χ0v) is 20.4. The van der Waals surface area contributed by atoms with Gasteiger partial charge in [-0.3, -0.25) is 9.59 Å². The minimum absolute atomic E-state index is 0.0996. The van der Waals surface area contributed by atoms with Crippen LogP contribution in [-0.4, -0.2) is 28.3 Å². The Labute approximate surface area is 204 Å². The largest absolute Gasteiger partial charge is 0.505 e. The fourth-order valence-electron chi connectivity index (χ4n) is 3.77. The molecule has 0 aliphatic carbocycles. The first-order chi connectivity index (χ1) is 16.7. The molecule has 35 heavy (non-hydrogen) atoms. The number of hydrogen-bond acceptors (Lipinski definition) is 5. The summed E-state index contributed by atoms with van der Waals surface area (Å²) in [5.41, 5.74) is 3.50. The molecule has 3 N–H and O–H groups in total. The predicted octanol–water partition coefficient (Wildman–Crippen LogP) is 4.67. The van der Waals surface area contributed by atoms with E-state index in [2.05, 4.69) is 10.6 Å². The second-order valence-electron chi connectivity index (χ2n) is 8.28. The van der Waals surface area contributed by atoms with E-state index in [9.17, 15) is 19.5 Å². The van der Waals surface area contributed by atoms with Crippen molar-refractivity contribution in [1.82, 2.24) is 9.88 Å². The first-order valence-electron chi connectivity index (χ1n) is 11.6. The summed E-state index contributed by atoms with van der Waals surface area (Å²) in [6.07, 6.45) is 1.43. The third-order valence-electron chi connectivity index (χ3n) is 5.67. The predicted molar refractivity (Wildman–Crippen MR) is 136 cm³/mol. The summed E-state index contributed by atoms with van der Waals surface area (Å²) in [6.45, 7) is 7.76. The van der Waals surface area contributed by atoms with Crippen molar-refractivity contribution in [3.63, 3.8) is 0 Å². The molecule has 8 nitrogen and oxygen atoms in total. The second kappa shape index (κ2) is 11.4. The molecule has 0 bridgehead atoms. The van der Waals surface area contributed by atoms with Crippen molar-refractivity contribution < 1.29 is 19.4 Å². The number of anilines is 1. The molecule has 1 heterocycles. The number of hydrogen-bond donors (Lipinski definition) is 3. The van der Waals surface area contributed by atoms with Crippen LogP contribution in [0.1, 0.15) is 43.0 Å². The molecule has 0 saturated carbocycles. The third kappa shape index (κ3) is 6.29. The maximum Gasteiger partial charge on any atom is 0.319 e. The van der Waals surface area contributed by atoms with Crippen LogP contribution in [0.4, 0.5) is 10.5 Å². The summed E-state index contributed by atoms with van der Waals surface area (Å²) in [7, 11) is 0. The van der Waals surface area contributed by atoms with Gasteiger partial charge in [-0.2, -0.15) is 0 Å². The number of carbonyl (C=O) groups excluding carboxylic acids is 2. The highest BCUT2D eigenvalue weighted by molar-refractivity contribution is 5.91. The van der Waals surface area contributed by atoms with Gasteiger partial charge in [-0.05, 0) is 50.5 Å². The number of carbonyl (C=O) groups is 2. The van der Waals surface area contributed by atoms with Crippen molar-refractivity contribution in [2.45, 2.75) is 46.7 Å². The van der Waals surface area contributed by atoms with Gasteiger partial charge in [-0.1, -0.05) is 48.0 Å². The average molecular weight is 478 g/mol. The van der Waals surface area contributed by atoms with Crippen LogP contribution in [0, 0.1) is 13.8 Å². The molecule has 2 amide bonds. The van der Waals surface area contributed by atoms with Crippen molar-refractivity contribution in [2.24, 2.45) is 0 Å². The number of nitrogens with zero attached hydrogens (tertiary/aromatic N) is 1. The van der Waals surface area contributed by atoms with E-state index in [-0.39, 0.29) is 24.5 Å². The number of urea groups is 1. The molecular weight excluding hydrogens is 446 g/mol. The van der Waals surface area contributed by atoms with Crippen LogP contribution in [0.15, 0.2) is 59.5 Å². The van der Waals surface area contributed by atoms with Gasteiger partial charge in [-0.25, -0.2) is 4.79 Å². The van der Waals surface area contributed by atoms with Gasteiger partial charge in [0.05, 0.1) is 19.1 Å². The Morgan fingerprint density at radius 1 is 1.06 bits per heavy atom. The van der Waals surface area contributed by atoms with Gasteiger partial charge < -0.3 is 25.0 Å². The van der Waals surface area contributed by atoms with E-state index in [1.165, 1.54) is 10.8 Å².